The molecular weight excluding hydrogens is 254 g/mol. The number of rotatable bonds is 8. The first-order valence-electron chi connectivity index (χ1n) is 7.35. The molecule has 0 saturated carbocycles. The zero-order valence-electron chi connectivity index (χ0n) is 13.0. The third kappa shape index (κ3) is 4.65. The molecule has 0 fully saturated rings. The summed E-state index contributed by atoms with van der Waals surface area (Å²) in [5.41, 5.74) is 2.08. The molecule has 0 aliphatic carbocycles. The Kier molecular flexibility index (Phi) is 6.75. The van der Waals surface area contributed by atoms with Crippen LogP contribution in [-0.2, 0) is 6.54 Å². The third-order valence-corrected chi connectivity index (χ3v) is 3.43. The Morgan fingerprint density at radius 3 is 2.50 bits per heavy atom. The summed E-state index contributed by atoms with van der Waals surface area (Å²) >= 11 is 0. The minimum Gasteiger partial charge on any atom is -0.455 e. The van der Waals surface area contributed by atoms with Crippen LogP contribution < -0.4 is 11.3 Å². The average molecular weight is 281 g/mol. The van der Waals surface area contributed by atoms with Gasteiger partial charge >= 0.3 is 5.91 Å². The zero-order valence-corrected chi connectivity index (χ0v) is 13.0. The Bertz CT molecular complexity index is 411. The first-order chi connectivity index (χ1) is 9.51. The van der Waals surface area contributed by atoms with E-state index in [0.717, 1.165) is 31.7 Å². The molecule has 5 heteroatoms. The monoisotopic (exact) mass is 281 g/mol. The van der Waals surface area contributed by atoms with Gasteiger partial charge in [0, 0.05) is 12.6 Å². The number of carbonyl (C=O) groups is 1. The van der Waals surface area contributed by atoms with Gasteiger partial charge in [0.25, 0.3) is 0 Å². The van der Waals surface area contributed by atoms with Gasteiger partial charge < -0.3 is 4.42 Å². The fraction of sp³-hybridized carbons (Fsp3) is 0.667. The van der Waals surface area contributed by atoms with Gasteiger partial charge in [-0.3, -0.25) is 15.1 Å². The van der Waals surface area contributed by atoms with E-state index >= 15 is 0 Å². The van der Waals surface area contributed by atoms with Crippen molar-refractivity contribution < 1.29 is 9.21 Å². The number of hydrazine groups is 1. The Labute approximate surface area is 121 Å². The van der Waals surface area contributed by atoms with E-state index in [1.54, 1.807) is 6.07 Å². The standard InChI is InChI=1S/C15H27N3O2/c1-5-12(6-2)18(9-11(3)4)10-13-7-8-14(20-13)15(19)17-16/h7-8,11-12H,5-6,9-10,16H2,1-4H3,(H,17,19). The maximum Gasteiger partial charge on any atom is 0.300 e. The van der Waals surface area contributed by atoms with E-state index in [1.807, 2.05) is 6.07 Å². The number of furan rings is 1. The molecule has 1 rings (SSSR count). The SMILES string of the molecule is CCC(CC)N(Cc1ccc(C(=O)NN)o1)CC(C)C. The van der Waals surface area contributed by atoms with Crippen molar-refractivity contribution in [2.75, 3.05) is 6.54 Å². The molecule has 1 aromatic rings. The van der Waals surface area contributed by atoms with Gasteiger partial charge in [0.1, 0.15) is 5.76 Å². The quantitative estimate of drug-likeness (QED) is 0.436. The van der Waals surface area contributed by atoms with Crippen molar-refractivity contribution in [2.24, 2.45) is 11.8 Å². The molecule has 5 nitrogen and oxygen atoms in total. The van der Waals surface area contributed by atoms with Crippen molar-refractivity contribution in [3.8, 4) is 0 Å². The van der Waals surface area contributed by atoms with Gasteiger partial charge in [0.05, 0.1) is 6.54 Å². The molecule has 1 aromatic heterocycles. The number of hydrogen-bond acceptors (Lipinski definition) is 4. The largest absolute Gasteiger partial charge is 0.455 e. The van der Waals surface area contributed by atoms with Crippen molar-refractivity contribution in [3.63, 3.8) is 0 Å². The maximum atomic E-state index is 11.4. The number of nitrogens with one attached hydrogen (secondary N) is 1. The van der Waals surface area contributed by atoms with Gasteiger partial charge in [-0.2, -0.15) is 0 Å². The maximum absolute atomic E-state index is 11.4. The van der Waals surface area contributed by atoms with Crippen molar-refractivity contribution >= 4 is 5.91 Å². The number of nitrogens with zero attached hydrogens (tertiary/aromatic N) is 1. The average Bonchev–Trinajstić information content (AvgIpc) is 2.87. The Morgan fingerprint density at radius 2 is 2.00 bits per heavy atom. The molecule has 0 bridgehead atoms. The van der Waals surface area contributed by atoms with Crippen LogP contribution in [0, 0.1) is 5.92 Å². The van der Waals surface area contributed by atoms with Crippen LogP contribution in [0.5, 0.6) is 0 Å². The van der Waals surface area contributed by atoms with Gasteiger partial charge in [-0.15, -0.1) is 0 Å². The van der Waals surface area contributed by atoms with Crippen molar-refractivity contribution in [3.05, 3.63) is 23.7 Å². The summed E-state index contributed by atoms with van der Waals surface area (Å²) in [5.74, 6) is 6.37. The lowest BCUT2D eigenvalue weighted by Crippen LogP contribution is -2.36. The van der Waals surface area contributed by atoms with E-state index in [1.165, 1.54) is 0 Å². The second-order valence-electron chi connectivity index (χ2n) is 5.53. The summed E-state index contributed by atoms with van der Waals surface area (Å²) in [6.07, 6.45) is 2.22. The fourth-order valence-corrected chi connectivity index (χ4v) is 2.47. The van der Waals surface area contributed by atoms with Crippen molar-refractivity contribution in [1.29, 1.82) is 0 Å². The number of carbonyl (C=O) groups excluding carboxylic acids is 1. The van der Waals surface area contributed by atoms with Crippen LogP contribution in [0.2, 0.25) is 0 Å². The third-order valence-electron chi connectivity index (χ3n) is 3.43. The van der Waals surface area contributed by atoms with Gasteiger partial charge in [-0.25, -0.2) is 5.84 Å². The first kappa shape index (κ1) is 16.7. The number of nitrogen functional groups attached to an aromatic ring is 1. The highest BCUT2D eigenvalue weighted by Gasteiger charge is 2.19. The highest BCUT2D eigenvalue weighted by Crippen LogP contribution is 2.17. The Morgan fingerprint density at radius 1 is 1.35 bits per heavy atom. The minimum absolute atomic E-state index is 0.261. The van der Waals surface area contributed by atoms with Crippen LogP contribution in [0.15, 0.2) is 16.5 Å². The van der Waals surface area contributed by atoms with Crippen LogP contribution >= 0.6 is 0 Å². The summed E-state index contributed by atoms with van der Waals surface area (Å²) in [6.45, 7) is 10.6. The molecule has 0 saturated heterocycles. The molecule has 0 radical (unpaired) electrons. The second kappa shape index (κ2) is 8.07. The zero-order chi connectivity index (χ0) is 15.1. The topological polar surface area (TPSA) is 71.5 Å². The van der Waals surface area contributed by atoms with Gasteiger partial charge in [0.15, 0.2) is 5.76 Å². The Hall–Kier alpha value is -1.33. The predicted molar refractivity (Wildman–Crippen MR) is 80.0 cm³/mol. The van der Waals surface area contributed by atoms with E-state index in [9.17, 15) is 4.79 Å². The second-order valence-corrected chi connectivity index (χ2v) is 5.53. The van der Waals surface area contributed by atoms with E-state index in [0.29, 0.717) is 12.0 Å². The summed E-state index contributed by atoms with van der Waals surface area (Å²) in [4.78, 5) is 13.8. The molecule has 0 spiro atoms. The minimum atomic E-state index is -0.394. The summed E-state index contributed by atoms with van der Waals surface area (Å²) < 4.78 is 5.55. The van der Waals surface area contributed by atoms with Crippen LogP contribution in [0.3, 0.4) is 0 Å². The summed E-state index contributed by atoms with van der Waals surface area (Å²) in [7, 11) is 0. The molecule has 0 atom stereocenters. The van der Waals surface area contributed by atoms with Crippen molar-refractivity contribution in [1.82, 2.24) is 10.3 Å². The lowest BCUT2D eigenvalue weighted by Gasteiger charge is -2.31. The molecule has 0 aliphatic rings. The molecule has 20 heavy (non-hydrogen) atoms. The summed E-state index contributed by atoms with van der Waals surface area (Å²) in [5, 5.41) is 0. The normalized spacial score (nSPS) is 11.6. The molecule has 1 amide bonds. The number of amides is 1. The highest BCUT2D eigenvalue weighted by atomic mass is 16.4. The van der Waals surface area contributed by atoms with Crippen LogP contribution in [0.1, 0.15) is 56.9 Å². The molecule has 0 aromatic carbocycles. The molecule has 0 unspecified atom stereocenters. The number of hydrogen-bond donors (Lipinski definition) is 2. The molecule has 114 valence electrons. The van der Waals surface area contributed by atoms with E-state index in [-0.39, 0.29) is 5.76 Å². The number of nitrogens with two attached hydrogens (primary N) is 1. The van der Waals surface area contributed by atoms with E-state index in [2.05, 4.69) is 38.0 Å². The lowest BCUT2D eigenvalue weighted by molar-refractivity contribution is 0.0918. The smallest absolute Gasteiger partial charge is 0.300 e. The lowest BCUT2D eigenvalue weighted by atomic mass is 10.1. The van der Waals surface area contributed by atoms with Crippen molar-refractivity contribution in [2.45, 2.75) is 53.1 Å². The van der Waals surface area contributed by atoms with E-state index in [4.69, 9.17) is 10.3 Å². The van der Waals surface area contributed by atoms with Gasteiger partial charge in [-0.1, -0.05) is 27.7 Å². The predicted octanol–water partition coefficient (Wildman–Crippen LogP) is 2.53. The molecule has 1 heterocycles. The highest BCUT2D eigenvalue weighted by molar-refractivity contribution is 5.90. The fourth-order valence-electron chi connectivity index (χ4n) is 2.47. The van der Waals surface area contributed by atoms with Gasteiger partial charge in [0.2, 0.25) is 0 Å². The molecular formula is C15H27N3O2. The Balaban J connectivity index is 2.78. The van der Waals surface area contributed by atoms with Crippen LogP contribution in [0.4, 0.5) is 0 Å². The van der Waals surface area contributed by atoms with Crippen LogP contribution in [0.25, 0.3) is 0 Å². The summed E-state index contributed by atoms with van der Waals surface area (Å²) in [6, 6.07) is 4.05. The molecule has 3 N–H and O–H groups in total. The van der Waals surface area contributed by atoms with Crippen LogP contribution in [-0.4, -0.2) is 23.4 Å². The molecule has 0 aliphatic heterocycles. The van der Waals surface area contributed by atoms with E-state index < -0.39 is 5.91 Å². The van der Waals surface area contributed by atoms with Gasteiger partial charge in [-0.05, 0) is 30.9 Å². The first-order valence-corrected chi connectivity index (χ1v) is 7.35.